The van der Waals surface area contributed by atoms with E-state index in [1.165, 1.54) is 28.2 Å². The van der Waals surface area contributed by atoms with Crippen LogP contribution >= 0.6 is 15.9 Å². The molecule has 0 radical (unpaired) electrons. The monoisotopic (exact) mass is 235 g/mol. The number of hydrogen-bond donors (Lipinski definition) is 0. The van der Waals surface area contributed by atoms with Gasteiger partial charge in [0.05, 0.1) is 0 Å². The van der Waals surface area contributed by atoms with Crippen LogP contribution < -0.4 is 0 Å². The van der Waals surface area contributed by atoms with Crippen LogP contribution in [0.5, 0.6) is 0 Å². The van der Waals surface area contributed by atoms with Gasteiger partial charge in [-0.25, -0.2) is 0 Å². The first-order valence-electron chi connectivity index (χ1n) is 4.61. The fourth-order valence-electron chi connectivity index (χ4n) is 1.82. The van der Waals surface area contributed by atoms with Gasteiger partial charge >= 0.3 is 0 Å². The molecule has 0 amide bonds. The summed E-state index contributed by atoms with van der Waals surface area (Å²) in [6, 6.07) is 9.31. The zero-order valence-electron chi connectivity index (χ0n) is 7.20. The van der Waals surface area contributed by atoms with Gasteiger partial charge in [0.25, 0.3) is 0 Å². The van der Waals surface area contributed by atoms with Gasteiger partial charge in [-0.1, -0.05) is 18.2 Å². The Hall–Kier alpha value is -0.760. The lowest BCUT2D eigenvalue weighted by Gasteiger charge is -2.00. The third kappa shape index (κ3) is 1.12. The number of para-hydroxylation sites is 1. The Balaban J connectivity index is 2.34. The Morgan fingerprint density at radius 1 is 1.23 bits per heavy atom. The second-order valence-corrected chi connectivity index (χ2v) is 4.49. The minimum atomic E-state index is 0.760. The van der Waals surface area contributed by atoms with Gasteiger partial charge in [-0.3, -0.25) is 0 Å². The van der Waals surface area contributed by atoms with Crippen molar-refractivity contribution in [3.8, 4) is 0 Å². The molecule has 0 spiro atoms. The van der Waals surface area contributed by atoms with Crippen molar-refractivity contribution in [2.45, 2.75) is 18.9 Å². The predicted octanol–water partition coefficient (Wildman–Crippen LogP) is 3.74. The van der Waals surface area contributed by atoms with Crippen molar-refractivity contribution in [2.75, 3.05) is 0 Å². The van der Waals surface area contributed by atoms with Crippen molar-refractivity contribution in [2.24, 2.45) is 0 Å². The summed E-state index contributed by atoms with van der Waals surface area (Å²) in [5, 5.41) is 1.33. The Kier molecular flexibility index (Phi) is 1.53. The average molecular weight is 236 g/mol. The van der Waals surface area contributed by atoms with E-state index in [-0.39, 0.29) is 0 Å². The van der Waals surface area contributed by atoms with Gasteiger partial charge in [-0.15, -0.1) is 0 Å². The molecule has 1 nitrogen and oxygen atoms in total. The molecule has 0 aliphatic heterocycles. The van der Waals surface area contributed by atoms with E-state index in [2.05, 4.69) is 51.0 Å². The second-order valence-electron chi connectivity index (χ2n) is 3.63. The summed E-state index contributed by atoms with van der Waals surface area (Å²) in [6.45, 7) is 0. The molecule has 0 bridgehead atoms. The highest BCUT2D eigenvalue weighted by molar-refractivity contribution is 9.10. The first kappa shape index (κ1) is 7.63. The summed E-state index contributed by atoms with van der Waals surface area (Å²) >= 11 is 3.59. The lowest BCUT2D eigenvalue weighted by atomic mass is 10.2. The summed E-state index contributed by atoms with van der Waals surface area (Å²) in [4.78, 5) is 0. The van der Waals surface area contributed by atoms with Gasteiger partial charge in [0, 0.05) is 27.6 Å². The maximum absolute atomic E-state index is 3.59. The highest BCUT2D eigenvalue weighted by atomic mass is 79.9. The lowest BCUT2D eigenvalue weighted by Crippen LogP contribution is -1.89. The fraction of sp³-hybridized carbons (Fsp3) is 0.273. The standard InChI is InChI=1S/C11H10BrN/c12-10-7-13(8-5-6-8)11-4-2-1-3-9(10)11/h1-4,7-8H,5-6H2. The third-order valence-electron chi connectivity index (χ3n) is 2.63. The third-order valence-corrected chi connectivity index (χ3v) is 3.26. The molecule has 1 heterocycles. The number of hydrogen-bond acceptors (Lipinski definition) is 0. The molecule has 66 valence electrons. The number of nitrogens with zero attached hydrogens (tertiary/aromatic N) is 1. The van der Waals surface area contributed by atoms with Crippen molar-refractivity contribution >= 4 is 26.8 Å². The number of halogens is 1. The minimum absolute atomic E-state index is 0.760. The molecule has 13 heavy (non-hydrogen) atoms. The van der Waals surface area contributed by atoms with Crippen LogP contribution in [-0.4, -0.2) is 4.57 Å². The van der Waals surface area contributed by atoms with Gasteiger partial charge in [0.2, 0.25) is 0 Å². The van der Waals surface area contributed by atoms with E-state index in [9.17, 15) is 0 Å². The highest BCUT2D eigenvalue weighted by Crippen LogP contribution is 2.39. The van der Waals surface area contributed by atoms with E-state index in [1.54, 1.807) is 0 Å². The first-order chi connectivity index (χ1) is 6.36. The van der Waals surface area contributed by atoms with E-state index >= 15 is 0 Å². The van der Waals surface area contributed by atoms with Crippen LogP contribution in [0.4, 0.5) is 0 Å². The first-order valence-corrected chi connectivity index (χ1v) is 5.40. The summed E-state index contributed by atoms with van der Waals surface area (Å²) < 4.78 is 3.61. The quantitative estimate of drug-likeness (QED) is 0.710. The second kappa shape index (κ2) is 2.61. The molecule has 1 saturated carbocycles. The van der Waals surface area contributed by atoms with E-state index in [0.29, 0.717) is 0 Å². The van der Waals surface area contributed by atoms with Gasteiger partial charge in [0.1, 0.15) is 0 Å². The zero-order valence-corrected chi connectivity index (χ0v) is 8.79. The van der Waals surface area contributed by atoms with E-state index in [0.717, 1.165) is 6.04 Å². The molecule has 0 N–H and O–H groups in total. The summed E-state index contributed by atoms with van der Waals surface area (Å²) in [7, 11) is 0. The number of rotatable bonds is 1. The molecule has 2 aromatic rings. The van der Waals surface area contributed by atoms with Gasteiger partial charge in [-0.05, 0) is 34.8 Å². The number of fused-ring (bicyclic) bond motifs is 1. The van der Waals surface area contributed by atoms with Crippen molar-refractivity contribution in [3.05, 3.63) is 34.9 Å². The minimum Gasteiger partial charge on any atom is -0.343 e. The van der Waals surface area contributed by atoms with Crippen LogP contribution in [-0.2, 0) is 0 Å². The van der Waals surface area contributed by atoms with Crippen LogP contribution in [0.1, 0.15) is 18.9 Å². The Bertz CT molecular complexity index is 454. The van der Waals surface area contributed by atoms with Crippen molar-refractivity contribution in [1.82, 2.24) is 4.57 Å². The molecule has 1 aromatic heterocycles. The molecule has 2 heteroatoms. The van der Waals surface area contributed by atoms with Gasteiger partial charge in [-0.2, -0.15) is 0 Å². The summed E-state index contributed by atoms with van der Waals surface area (Å²) in [5.41, 5.74) is 1.36. The average Bonchev–Trinajstić information content (AvgIpc) is 2.94. The molecular formula is C11H10BrN. The van der Waals surface area contributed by atoms with Crippen LogP contribution in [0.3, 0.4) is 0 Å². The molecule has 1 aliphatic rings. The largest absolute Gasteiger partial charge is 0.343 e. The van der Waals surface area contributed by atoms with Crippen LogP contribution in [0, 0.1) is 0 Å². The van der Waals surface area contributed by atoms with Crippen LogP contribution in [0.2, 0.25) is 0 Å². The Morgan fingerprint density at radius 2 is 2.00 bits per heavy atom. The Labute approximate surface area is 85.5 Å². The molecule has 1 aliphatic carbocycles. The highest BCUT2D eigenvalue weighted by Gasteiger charge is 2.25. The number of benzene rings is 1. The van der Waals surface area contributed by atoms with Crippen molar-refractivity contribution in [3.63, 3.8) is 0 Å². The molecule has 0 saturated heterocycles. The molecule has 0 unspecified atom stereocenters. The molecule has 1 fully saturated rings. The predicted molar refractivity (Wildman–Crippen MR) is 57.9 cm³/mol. The summed E-state index contributed by atoms with van der Waals surface area (Å²) in [6.07, 6.45) is 4.89. The van der Waals surface area contributed by atoms with Crippen molar-refractivity contribution < 1.29 is 0 Å². The Morgan fingerprint density at radius 3 is 2.77 bits per heavy atom. The molecule has 0 atom stereocenters. The number of aromatic nitrogens is 1. The maximum atomic E-state index is 3.59. The smallest absolute Gasteiger partial charge is 0.0494 e. The topological polar surface area (TPSA) is 4.93 Å². The van der Waals surface area contributed by atoms with Gasteiger partial charge < -0.3 is 4.57 Å². The molecule has 3 rings (SSSR count). The maximum Gasteiger partial charge on any atom is 0.0494 e. The van der Waals surface area contributed by atoms with E-state index in [4.69, 9.17) is 0 Å². The molecule has 1 aromatic carbocycles. The lowest BCUT2D eigenvalue weighted by molar-refractivity contribution is 0.774. The van der Waals surface area contributed by atoms with Crippen molar-refractivity contribution in [1.29, 1.82) is 0 Å². The SMILES string of the molecule is Brc1cn(C2CC2)c2ccccc12. The van der Waals surface area contributed by atoms with Gasteiger partial charge in [0.15, 0.2) is 0 Å². The molecular weight excluding hydrogens is 226 g/mol. The van der Waals surface area contributed by atoms with E-state index in [1.807, 2.05) is 0 Å². The summed E-state index contributed by atoms with van der Waals surface area (Å²) in [5.74, 6) is 0. The normalized spacial score (nSPS) is 16.7. The van der Waals surface area contributed by atoms with E-state index < -0.39 is 0 Å². The van der Waals surface area contributed by atoms with Crippen LogP contribution in [0.15, 0.2) is 34.9 Å². The fourth-order valence-corrected chi connectivity index (χ4v) is 2.37. The zero-order chi connectivity index (χ0) is 8.84. The van der Waals surface area contributed by atoms with Crippen LogP contribution in [0.25, 0.3) is 10.9 Å².